The smallest absolute Gasteiger partial charge is 0.129 e. The minimum atomic E-state index is 0.585. The van der Waals surface area contributed by atoms with Crippen LogP contribution in [0.5, 0.6) is 5.75 Å². The lowest BCUT2D eigenvalue weighted by Crippen LogP contribution is -2.13. The number of ether oxygens (including phenoxy) is 1. The molecule has 3 aromatic rings. The molecule has 0 radical (unpaired) electrons. The van der Waals surface area contributed by atoms with Crippen LogP contribution < -0.4 is 4.74 Å². The second-order valence-electron chi connectivity index (χ2n) is 7.42. The molecule has 1 N–H and O–H groups in total. The number of unbranched alkanes of at least 4 members (excludes halogenated alkanes) is 1. The summed E-state index contributed by atoms with van der Waals surface area (Å²) in [6.07, 6.45) is 6.54. The van der Waals surface area contributed by atoms with Crippen LogP contribution in [0.3, 0.4) is 0 Å². The Morgan fingerprint density at radius 3 is 2.60 bits per heavy atom. The molecule has 0 spiro atoms. The zero-order valence-electron chi connectivity index (χ0n) is 15.8. The minimum Gasteiger partial charge on any atom is -0.493 e. The van der Waals surface area contributed by atoms with Crippen LogP contribution in [0.2, 0.25) is 0 Å². The molecule has 0 saturated heterocycles. The Bertz CT molecular complexity index is 804. The maximum absolute atomic E-state index is 6.28. The molecule has 0 aliphatic rings. The number of H-pyrrole nitrogens is 1. The Morgan fingerprint density at radius 2 is 1.80 bits per heavy atom. The van der Waals surface area contributed by atoms with E-state index in [2.05, 4.69) is 68.2 Å². The van der Waals surface area contributed by atoms with Gasteiger partial charge in [0.25, 0.3) is 0 Å². The van der Waals surface area contributed by atoms with Crippen LogP contribution >= 0.6 is 0 Å². The van der Waals surface area contributed by atoms with Crippen LogP contribution in [0.4, 0.5) is 0 Å². The molecule has 0 fully saturated rings. The first kappa shape index (κ1) is 17.8. The van der Waals surface area contributed by atoms with E-state index in [9.17, 15) is 0 Å². The average molecular weight is 338 g/mol. The summed E-state index contributed by atoms with van der Waals surface area (Å²) >= 11 is 0. The summed E-state index contributed by atoms with van der Waals surface area (Å²) in [6.45, 7) is 7.72. The molecule has 0 aliphatic heterocycles. The van der Waals surface area contributed by atoms with Crippen molar-refractivity contribution in [2.75, 3.05) is 6.61 Å². The molecule has 134 valence electrons. The van der Waals surface area contributed by atoms with E-state index in [-0.39, 0.29) is 0 Å². The van der Waals surface area contributed by atoms with Gasteiger partial charge in [-0.2, -0.15) is 0 Å². The molecule has 2 atom stereocenters. The van der Waals surface area contributed by atoms with E-state index in [1.54, 1.807) is 0 Å². The highest BCUT2D eigenvalue weighted by Crippen LogP contribution is 2.33. The lowest BCUT2D eigenvalue weighted by molar-refractivity contribution is 0.227. The van der Waals surface area contributed by atoms with Crippen LogP contribution in [0.15, 0.2) is 42.5 Å². The van der Waals surface area contributed by atoms with Gasteiger partial charge >= 0.3 is 0 Å². The fraction of sp³-hybridized carbons (Fsp3) is 0.478. The van der Waals surface area contributed by atoms with Crippen molar-refractivity contribution in [1.29, 1.82) is 0 Å². The number of fused-ring (bicyclic) bond motifs is 3. The Kier molecular flexibility index (Phi) is 6.01. The lowest BCUT2D eigenvalue weighted by atomic mass is 9.90. The van der Waals surface area contributed by atoms with Crippen molar-refractivity contribution in [3.63, 3.8) is 0 Å². The number of nitrogens with one attached hydrogen (secondary N) is 1. The van der Waals surface area contributed by atoms with Gasteiger partial charge in [0.2, 0.25) is 0 Å². The van der Waals surface area contributed by atoms with Crippen molar-refractivity contribution in [2.24, 2.45) is 11.8 Å². The first-order chi connectivity index (χ1) is 12.2. The first-order valence-corrected chi connectivity index (χ1v) is 9.85. The third kappa shape index (κ3) is 4.18. The van der Waals surface area contributed by atoms with Crippen molar-refractivity contribution in [3.05, 3.63) is 42.5 Å². The van der Waals surface area contributed by atoms with E-state index in [1.165, 1.54) is 48.4 Å². The van der Waals surface area contributed by atoms with Gasteiger partial charge in [-0.1, -0.05) is 70.7 Å². The molecule has 2 aromatic carbocycles. The van der Waals surface area contributed by atoms with Gasteiger partial charge in [-0.15, -0.1) is 0 Å². The molecule has 0 saturated carbocycles. The standard InChI is InChI=1S/C23H31NO/c1-4-6-10-18(5-2)15-17(3)16-25-22-14-9-13-21-23(22)19-11-7-8-12-20(19)24-21/h7-9,11-14,17-18,24H,4-6,10,15-16H2,1-3H3. The van der Waals surface area contributed by atoms with Crippen LogP contribution in [0.25, 0.3) is 21.8 Å². The highest BCUT2D eigenvalue weighted by atomic mass is 16.5. The van der Waals surface area contributed by atoms with Crippen molar-refractivity contribution in [2.45, 2.75) is 52.9 Å². The molecule has 0 amide bonds. The zero-order chi connectivity index (χ0) is 17.6. The van der Waals surface area contributed by atoms with Crippen molar-refractivity contribution in [3.8, 4) is 5.75 Å². The van der Waals surface area contributed by atoms with E-state index in [0.29, 0.717) is 5.92 Å². The predicted octanol–water partition coefficient (Wildman–Crippen LogP) is 6.94. The molecule has 25 heavy (non-hydrogen) atoms. The van der Waals surface area contributed by atoms with Crippen LogP contribution in [-0.4, -0.2) is 11.6 Å². The molecule has 2 heteroatoms. The number of benzene rings is 2. The summed E-state index contributed by atoms with van der Waals surface area (Å²) in [4.78, 5) is 3.49. The van der Waals surface area contributed by atoms with Crippen LogP contribution in [0.1, 0.15) is 52.9 Å². The topological polar surface area (TPSA) is 25.0 Å². The summed E-state index contributed by atoms with van der Waals surface area (Å²) in [7, 11) is 0. The maximum atomic E-state index is 6.28. The van der Waals surface area contributed by atoms with Gasteiger partial charge in [0.05, 0.1) is 12.1 Å². The SMILES string of the molecule is CCCCC(CC)CC(C)COc1cccc2[nH]c3ccccc3c12. The van der Waals surface area contributed by atoms with E-state index < -0.39 is 0 Å². The predicted molar refractivity (Wildman–Crippen MR) is 108 cm³/mol. The van der Waals surface area contributed by atoms with Gasteiger partial charge in [-0.3, -0.25) is 0 Å². The summed E-state index contributed by atoms with van der Waals surface area (Å²) in [5, 5.41) is 2.46. The van der Waals surface area contributed by atoms with Gasteiger partial charge in [0.1, 0.15) is 5.75 Å². The van der Waals surface area contributed by atoms with E-state index >= 15 is 0 Å². The van der Waals surface area contributed by atoms with Crippen molar-refractivity contribution in [1.82, 2.24) is 4.98 Å². The Morgan fingerprint density at radius 1 is 1.00 bits per heavy atom. The normalized spacial score (nSPS) is 14.0. The molecular weight excluding hydrogens is 306 g/mol. The zero-order valence-corrected chi connectivity index (χ0v) is 15.8. The summed E-state index contributed by atoms with van der Waals surface area (Å²) in [6, 6.07) is 14.8. The molecule has 1 aromatic heterocycles. The van der Waals surface area contributed by atoms with Gasteiger partial charge < -0.3 is 9.72 Å². The quantitative estimate of drug-likeness (QED) is 0.449. The fourth-order valence-electron chi connectivity index (χ4n) is 3.84. The Labute approximate surface area is 151 Å². The third-order valence-electron chi connectivity index (χ3n) is 5.29. The number of para-hydroxylation sites is 1. The molecule has 1 heterocycles. The molecular formula is C23H31NO. The Hall–Kier alpha value is -1.96. The van der Waals surface area contributed by atoms with Crippen molar-refractivity contribution < 1.29 is 4.74 Å². The van der Waals surface area contributed by atoms with E-state index in [1.807, 2.05) is 0 Å². The summed E-state index contributed by atoms with van der Waals surface area (Å²) in [5.41, 5.74) is 2.33. The van der Waals surface area contributed by atoms with Crippen LogP contribution in [0, 0.1) is 11.8 Å². The molecule has 3 rings (SSSR count). The van der Waals surface area contributed by atoms with Gasteiger partial charge in [-0.05, 0) is 36.5 Å². The number of aromatic amines is 1. The Balaban J connectivity index is 1.70. The van der Waals surface area contributed by atoms with Gasteiger partial charge in [0.15, 0.2) is 0 Å². The highest BCUT2D eigenvalue weighted by molar-refractivity contribution is 6.10. The molecule has 0 aliphatic carbocycles. The van der Waals surface area contributed by atoms with Crippen molar-refractivity contribution >= 4 is 21.8 Å². The fourth-order valence-corrected chi connectivity index (χ4v) is 3.84. The van der Waals surface area contributed by atoms with E-state index in [0.717, 1.165) is 23.8 Å². The molecule has 0 bridgehead atoms. The monoisotopic (exact) mass is 337 g/mol. The second-order valence-corrected chi connectivity index (χ2v) is 7.42. The summed E-state index contributed by atoms with van der Waals surface area (Å²) < 4.78 is 6.28. The number of hydrogen-bond donors (Lipinski definition) is 1. The second kappa shape index (κ2) is 8.42. The first-order valence-electron chi connectivity index (χ1n) is 9.85. The third-order valence-corrected chi connectivity index (χ3v) is 5.29. The minimum absolute atomic E-state index is 0.585. The number of hydrogen-bond acceptors (Lipinski definition) is 1. The highest BCUT2D eigenvalue weighted by Gasteiger charge is 2.14. The number of aromatic nitrogens is 1. The van der Waals surface area contributed by atoms with E-state index in [4.69, 9.17) is 4.74 Å². The summed E-state index contributed by atoms with van der Waals surface area (Å²) in [5.74, 6) is 2.42. The molecule has 2 nitrogen and oxygen atoms in total. The van der Waals surface area contributed by atoms with Gasteiger partial charge in [-0.25, -0.2) is 0 Å². The molecule has 2 unspecified atom stereocenters. The lowest BCUT2D eigenvalue weighted by Gasteiger charge is -2.20. The maximum Gasteiger partial charge on any atom is 0.129 e. The largest absolute Gasteiger partial charge is 0.493 e. The average Bonchev–Trinajstić information content (AvgIpc) is 3.02. The van der Waals surface area contributed by atoms with Gasteiger partial charge in [0, 0.05) is 16.3 Å². The number of rotatable bonds is 9. The van der Waals surface area contributed by atoms with Crippen LogP contribution in [-0.2, 0) is 0 Å².